The maximum Gasteiger partial charge on any atom is 0.230 e. The largest absolute Gasteiger partial charge is 0.356 e. The van der Waals surface area contributed by atoms with Gasteiger partial charge in [-0.25, -0.2) is 0 Å². The summed E-state index contributed by atoms with van der Waals surface area (Å²) >= 11 is 1.87. The van der Waals surface area contributed by atoms with Gasteiger partial charge in [0.2, 0.25) is 5.91 Å². The van der Waals surface area contributed by atoms with Crippen molar-refractivity contribution in [3.05, 3.63) is 30.3 Å². The van der Waals surface area contributed by atoms with E-state index in [1.54, 1.807) is 11.9 Å². The minimum Gasteiger partial charge on any atom is -0.356 e. The lowest BCUT2D eigenvalue weighted by Gasteiger charge is -2.31. The van der Waals surface area contributed by atoms with Crippen molar-refractivity contribution in [2.45, 2.75) is 37.0 Å². The molecule has 2 rings (SSSR count). The van der Waals surface area contributed by atoms with Gasteiger partial charge in [0.25, 0.3) is 0 Å². The number of halogens is 1. The van der Waals surface area contributed by atoms with Crippen LogP contribution in [0.25, 0.3) is 0 Å². The van der Waals surface area contributed by atoms with Gasteiger partial charge in [0.15, 0.2) is 5.96 Å². The third kappa shape index (κ3) is 7.52. The Bertz CT molecular complexity index is 589. The molecule has 152 valence electrons. The number of carbonyl (C=O) groups excluding carboxylic acids is 1. The molecule has 0 saturated heterocycles. The molecule has 0 radical (unpaired) electrons. The van der Waals surface area contributed by atoms with Gasteiger partial charge >= 0.3 is 0 Å². The smallest absolute Gasteiger partial charge is 0.230 e. The zero-order valence-electron chi connectivity index (χ0n) is 16.7. The maximum absolute atomic E-state index is 12.6. The summed E-state index contributed by atoms with van der Waals surface area (Å²) in [4.78, 5) is 20.0. The van der Waals surface area contributed by atoms with E-state index in [1.165, 1.54) is 4.90 Å². The summed E-state index contributed by atoms with van der Waals surface area (Å²) < 4.78 is 0. The van der Waals surface area contributed by atoms with Gasteiger partial charge < -0.3 is 15.5 Å². The molecule has 1 aliphatic rings. The molecule has 1 aromatic rings. The van der Waals surface area contributed by atoms with Crippen molar-refractivity contribution in [3.63, 3.8) is 0 Å². The molecule has 2 N–H and O–H groups in total. The van der Waals surface area contributed by atoms with Crippen LogP contribution in [0.4, 0.5) is 0 Å². The quantitative estimate of drug-likeness (QED) is 0.187. The molecule has 0 atom stereocenters. The predicted octanol–water partition coefficient (Wildman–Crippen LogP) is 3.60. The number of amides is 1. The minimum absolute atomic E-state index is 0. The molecule has 27 heavy (non-hydrogen) atoms. The van der Waals surface area contributed by atoms with E-state index >= 15 is 0 Å². The molecule has 0 spiro atoms. The molecular formula is C20H33IN4OS. The highest BCUT2D eigenvalue weighted by Crippen LogP contribution is 2.38. The van der Waals surface area contributed by atoms with Crippen molar-refractivity contribution in [2.24, 2.45) is 10.4 Å². The lowest BCUT2D eigenvalue weighted by atomic mass is 9.84. The van der Waals surface area contributed by atoms with Crippen LogP contribution in [0.15, 0.2) is 40.2 Å². The molecule has 0 aromatic heterocycles. The Kier molecular flexibility index (Phi) is 11.1. The second kappa shape index (κ2) is 12.5. The Balaban J connectivity index is 0.00000364. The summed E-state index contributed by atoms with van der Waals surface area (Å²) in [6, 6.07) is 10.5. The van der Waals surface area contributed by atoms with Crippen LogP contribution in [-0.4, -0.2) is 56.8 Å². The lowest BCUT2D eigenvalue weighted by Crippen LogP contribution is -2.49. The van der Waals surface area contributed by atoms with E-state index in [2.05, 4.69) is 39.9 Å². The van der Waals surface area contributed by atoms with Gasteiger partial charge in [0.05, 0.1) is 5.41 Å². The van der Waals surface area contributed by atoms with Crippen LogP contribution in [0.2, 0.25) is 0 Å². The Labute approximate surface area is 185 Å². The number of hydrogen-bond acceptors (Lipinski definition) is 3. The zero-order valence-corrected chi connectivity index (χ0v) is 19.8. The molecule has 5 nitrogen and oxygen atoms in total. The van der Waals surface area contributed by atoms with Gasteiger partial charge in [-0.15, -0.1) is 35.7 Å². The third-order valence-corrected chi connectivity index (χ3v) is 5.96. The van der Waals surface area contributed by atoms with Gasteiger partial charge in [-0.1, -0.05) is 31.0 Å². The van der Waals surface area contributed by atoms with Crippen LogP contribution >= 0.6 is 35.7 Å². The Morgan fingerprint density at radius 3 is 2.44 bits per heavy atom. The second-order valence-electron chi connectivity index (χ2n) is 7.05. The third-order valence-electron chi connectivity index (χ3n) is 4.86. The van der Waals surface area contributed by atoms with Crippen molar-refractivity contribution in [3.8, 4) is 0 Å². The molecule has 1 aliphatic carbocycles. The molecule has 1 aromatic carbocycles. The lowest BCUT2D eigenvalue weighted by molar-refractivity contribution is -0.138. The fourth-order valence-corrected chi connectivity index (χ4v) is 4.33. The van der Waals surface area contributed by atoms with E-state index in [4.69, 9.17) is 0 Å². The van der Waals surface area contributed by atoms with Crippen molar-refractivity contribution in [1.82, 2.24) is 15.5 Å². The summed E-state index contributed by atoms with van der Waals surface area (Å²) in [5.41, 5.74) is -0.274. The highest BCUT2D eigenvalue weighted by atomic mass is 127. The van der Waals surface area contributed by atoms with E-state index in [9.17, 15) is 4.79 Å². The monoisotopic (exact) mass is 504 g/mol. The summed E-state index contributed by atoms with van der Waals surface area (Å²) in [5.74, 6) is 2.08. The van der Waals surface area contributed by atoms with Gasteiger partial charge in [-0.05, 0) is 37.1 Å². The van der Waals surface area contributed by atoms with E-state index in [-0.39, 0.29) is 35.3 Å². The molecule has 1 amide bonds. The van der Waals surface area contributed by atoms with Crippen molar-refractivity contribution in [1.29, 1.82) is 0 Å². The summed E-state index contributed by atoms with van der Waals surface area (Å²) in [6.07, 6.45) is 5.24. The summed E-state index contributed by atoms with van der Waals surface area (Å²) in [6.45, 7) is 1.52. The number of rotatable bonds is 8. The SMILES string of the molecule is CN=C(NCCCSc1ccccc1)NCC1(C(=O)N(C)C)CCCC1.I. The van der Waals surface area contributed by atoms with Crippen LogP contribution in [0.5, 0.6) is 0 Å². The van der Waals surface area contributed by atoms with E-state index in [0.717, 1.165) is 50.4 Å². The van der Waals surface area contributed by atoms with Crippen molar-refractivity contribution < 1.29 is 4.79 Å². The first-order valence-electron chi connectivity index (χ1n) is 9.41. The maximum atomic E-state index is 12.6. The number of thioether (sulfide) groups is 1. The predicted molar refractivity (Wildman–Crippen MR) is 126 cm³/mol. The summed E-state index contributed by atoms with van der Waals surface area (Å²) in [7, 11) is 5.48. The number of hydrogen-bond donors (Lipinski definition) is 2. The number of benzene rings is 1. The van der Waals surface area contributed by atoms with Crippen LogP contribution in [0.3, 0.4) is 0 Å². The number of nitrogens with one attached hydrogen (secondary N) is 2. The average Bonchev–Trinajstić information content (AvgIpc) is 3.14. The van der Waals surface area contributed by atoms with Gasteiger partial charge in [0.1, 0.15) is 0 Å². The van der Waals surface area contributed by atoms with E-state index in [0.29, 0.717) is 6.54 Å². The Hall–Kier alpha value is -0.960. The highest BCUT2D eigenvalue weighted by Gasteiger charge is 2.42. The standard InChI is InChI=1S/C20H32N4OS.HI/c1-21-19(22-14-9-15-26-17-10-5-4-6-11-17)23-16-20(12-7-8-13-20)18(25)24(2)3;/h4-6,10-11H,7-9,12-16H2,1-3H3,(H2,21,22,23);1H. The number of aliphatic imine (C=N–C) groups is 1. The second-order valence-corrected chi connectivity index (χ2v) is 8.22. The number of carbonyl (C=O) groups is 1. The Morgan fingerprint density at radius 2 is 1.85 bits per heavy atom. The average molecular weight is 504 g/mol. The van der Waals surface area contributed by atoms with Crippen LogP contribution in [0, 0.1) is 5.41 Å². The van der Waals surface area contributed by atoms with Gasteiger partial charge in [-0.2, -0.15) is 0 Å². The fraction of sp³-hybridized carbons (Fsp3) is 0.600. The van der Waals surface area contributed by atoms with Crippen LogP contribution in [-0.2, 0) is 4.79 Å². The molecule has 0 bridgehead atoms. The molecule has 7 heteroatoms. The van der Waals surface area contributed by atoms with Gasteiger partial charge in [-0.3, -0.25) is 9.79 Å². The first kappa shape index (κ1) is 24.1. The van der Waals surface area contributed by atoms with E-state index in [1.807, 2.05) is 31.9 Å². The summed E-state index contributed by atoms with van der Waals surface area (Å²) in [5, 5.41) is 6.75. The van der Waals surface area contributed by atoms with Crippen LogP contribution < -0.4 is 10.6 Å². The van der Waals surface area contributed by atoms with Gasteiger partial charge in [0, 0.05) is 39.1 Å². The first-order chi connectivity index (χ1) is 12.6. The fourth-order valence-electron chi connectivity index (χ4n) is 3.45. The number of guanidine groups is 1. The molecule has 1 saturated carbocycles. The Morgan fingerprint density at radius 1 is 1.19 bits per heavy atom. The molecule has 0 aliphatic heterocycles. The van der Waals surface area contributed by atoms with Crippen LogP contribution in [0.1, 0.15) is 32.1 Å². The molecule has 0 heterocycles. The van der Waals surface area contributed by atoms with E-state index < -0.39 is 0 Å². The minimum atomic E-state index is -0.274. The highest BCUT2D eigenvalue weighted by molar-refractivity contribution is 14.0. The first-order valence-corrected chi connectivity index (χ1v) is 10.4. The normalized spacial score (nSPS) is 15.7. The number of nitrogens with zero attached hydrogens (tertiary/aromatic N) is 2. The molecule has 1 fully saturated rings. The zero-order chi connectivity index (χ0) is 18.8. The molecule has 0 unspecified atom stereocenters. The van der Waals surface area contributed by atoms with Crippen molar-refractivity contribution in [2.75, 3.05) is 40.0 Å². The topological polar surface area (TPSA) is 56.7 Å². The van der Waals surface area contributed by atoms with Crippen molar-refractivity contribution >= 4 is 47.6 Å². The molecular weight excluding hydrogens is 471 g/mol.